The van der Waals surface area contributed by atoms with Crippen LogP contribution in [-0.2, 0) is 4.74 Å². The van der Waals surface area contributed by atoms with Crippen LogP contribution in [0.2, 0.25) is 0 Å². The van der Waals surface area contributed by atoms with E-state index < -0.39 is 0 Å². The summed E-state index contributed by atoms with van der Waals surface area (Å²) in [4.78, 5) is 0. The molecule has 0 radical (unpaired) electrons. The van der Waals surface area contributed by atoms with E-state index in [9.17, 15) is 0 Å². The van der Waals surface area contributed by atoms with Gasteiger partial charge in [-0.3, -0.25) is 0 Å². The van der Waals surface area contributed by atoms with Crippen molar-refractivity contribution in [2.75, 3.05) is 26.8 Å². The van der Waals surface area contributed by atoms with Crippen molar-refractivity contribution < 1.29 is 9.47 Å². The van der Waals surface area contributed by atoms with Crippen LogP contribution in [0.5, 0.6) is 5.75 Å². The fourth-order valence-electron chi connectivity index (χ4n) is 1.90. The molecule has 1 rings (SSSR count). The number of benzene rings is 1. The molecule has 0 fully saturated rings. The van der Waals surface area contributed by atoms with Crippen molar-refractivity contribution in [1.82, 2.24) is 5.32 Å². The maximum Gasteiger partial charge on any atom is 0.120 e. The number of methoxy groups -OCH3 is 1. The molecule has 1 aromatic carbocycles. The van der Waals surface area contributed by atoms with Gasteiger partial charge in [-0.25, -0.2) is 0 Å². The smallest absolute Gasteiger partial charge is 0.120 e. The number of hydrogen-bond acceptors (Lipinski definition) is 3. The molecule has 0 aliphatic heterocycles. The summed E-state index contributed by atoms with van der Waals surface area (Å²) in [6.45, 7) is 8.84. The van der Waals surface area contributed by atoms with E-state index in [1.807, 2.05) is 0 Å². The highest BCUT2D eigenvalue weighted by molar-refractivity contribution is 9.10. The molecule has 0 aliphatic rings. The Bertz CT molecular complexity index is 373. The SMILES string of the molecule is COCCCNCC(C)Oc1cc(C)c(Br)c(C)c1. The molecule has 0 bridgehead atoms. The van der Waals surface area contributed by atoms with Gasteiger partial charge in [-0.2, -0.15) is 0 Å². The number of nitrogens with one attached hydrogen (secondary N) is 1. The summed E-state index contributed by atoms with van der Waals surface area (Å²) in [6.07, 6.45) is 1.18. The Morgan fingerprint density at radius 3 is 2.47 bits per heavy atom. The molecule has 0 heterocycles. The van der Waals surface area contributed by atoms with Crippen molar-refractivity contribution in [3.8, 4) is 5.75 Å². The third-order valence-corrected chi connectivity index (χ3v) is 4.13. The Balaban J connectivity index is 2.38. The van der Waals surface area contributed by atoms with E-state index >= 15 is 0 Å². The van der Waals surface area contributed by atoms with Crippen LogP contribution in [-0.4, -0.2) is 32.9 Å². The molecule has 0 aromatic heterocycles. The largest absolute Gasteiger partial charge is 0.489 e. The van der Waals surface area contributed by atoms with E-state index in [2.05, 4.69) is 54.2 Å². The maximum absolute atomic E-state index is 5.92. The number of aryl methyl sites for hydroxylation is 2. The topological polar surface area (TPSA) is 30.5 Å². The summed E-state index contributed by atoms with van der Waals surface area (Å²) in [5.74, 6) is 0.935. The summed E-state index contributed by atoms with van der Waals surface area (Å²) in [6, 6.07) is 4.14. The van der Waals surface area contributed by atoms with Gasteiger partial charge in [0, 0.05) is 24.7 Å². The van der Waals surface area contributed by atoms with Crippen LogP contribution in [0.1, 0.15) is 24.5 Å². The minimum atomic E-state index is 0.155. The van der Waals surface area contributed by atoms with Crippen LogP contribution in [0.4, 0.5) is 0 Å². The fourth-order valence-corrected chi connectivity index (χ4v) is 2.12. The molecule has 4 heteroatoms. The Labute approximate surface area is 124 Å². The van der Waals surface area contributed by atoms with Crippen LogP contribution in [0.15, 0.2) is 16.6 Å². The van der Waals surface area contributed by atoms with Crippen molar-refractivity contribution in [3.05, 3.63) is 27.7 Å². The Morgan fingerprint density at radius 1 is 1.26 bits per heavy atom. The molecule has 19 heavy (non-hydrogen) atoms. The number of hydrogen-bond donors (Lipinski definition) is 1. The molecule has 0 amide bonds. The van der Waals surface area contributed by atoms with Crippen LogP contribution in [0.25, 0.3) is 0 Å². The second-order valence-corrected chi connectivity index (χ2v) is 5.64. The first kappa shape index (κ1) is 16.5. The minimum Gasteiger partial charge on any atom is -0.489 e. The fraction of sp³-hybridized carbons (Fsp3) is 0.600. The molecular weight excluding hydrogens is 306 g/mol. The predicted molar refractivity (Wildman–Crippen MR) is 83.1 cm³/mol. The van der Waals surface area contributed by atoms with Gasteiger partial charge in [-0.1, -0.05) is 15.9 Å². The molecule has 1 atom stereocenters. The van der Waals surface area contributed by atoms with E-state index in [-0.39, 0.29) is 6.10 Å². The molecule has 1 unspecified atom stereocenters. The molecule has 108 valence electrons. The molecular formula is C15H24BrNO2. The highest BCUT2D eigenvalue weighted by Crippen LogP contribution is 2.26. The van der Waals surface area contributed by atoms with Crippen molar-refractivity contribution in [3.63, 3.8) is 0 Å². The van der Waals surface area contributed by atoms with Crippen LogP contribution >= 0.6 is 15.9 Å². The molecule has 0 saturated carbocycles. The first-order valence-electron chi connectivity index (χ1n) is 6.67. The van der Waals surface area contributed by atoms with E-state index in [4.69, 9.17) is 9.47 Å². The second kappa shape index (κ2) is 8.56. The van der Waals surface area contributed by atoms with Crippen LogP contribution < -0.4 is 10.1 Å². The van der Waals surface area contributed by atoms with Gasteiger partial charge in [0.1, 0.15) is 11.9 Å². The maximum atomic E-state index is 5.92. The Hall–Kier alpha value is -0.580. The molecule has 1 aromatic rings. The van der Waals surface area contributed by atoms with E-state index in [1.54, 1.807) is 7.11 Å². The summed E-state index contributed by atoms with van der Waals surface area (Å²) in [7, 11) is 1.73. The number of rotatable bonds is 8. The lowest BCUT2D eigenvalue weighted by molar-refractivity contribution is 0.188. The van der Waals surface area contributed by atoms with Crippen molar-refractivity contribution in [2.45, 2.75) is 33.3 Å². The summed E-state index contributed by atoms with van der Waals surface area (Å²) < 4.78 is 12.1. The normalized spacial score (nSPS) is 12.5. The lowest BCUT2D eigenvalue weighted by Gasteiger charge is -2.17. The highest BCUT2D eigenvalue weighted by Gasteiger charge is 2.07. The quantitative estimate of drug-likeness (QED) is 0.741. The zero-order valence-corrected chi connectivity index (χ0v) is 13.8. The molecule has 0 aliphatic carbocycles. The van der Waals surface area contributed by atoms with E-state index in [1.165, 1.54) is 11.1 Å². The lowest BCUT2D eigenvalue weighted by atomic mass is 10.1. The van der Waals surface area contributed by atoms with E-state index in [0.717, 1.165) is 36.3 Å². The van der Waals surface area contributed by atoms with Gasteiger partial charge in [0.15, 0.2) is 0 Å². The Morgan fingerprint density at radius 2 is 1.89 bits per heavy atom. The second-order valence-electron chi connectivity index (χ2n) is 4.85. The van der Waals surface area contributed by atoms with Crippen LogP contribution in [0, 0.1) is 13.8 Å². The molecule has 0 saturated heterocycles. The third-order valence-electron chi connectivity index (χ3n) is 2.88. The Kier molecular flexibility index (Phi) is 7.42. The van der Waals surface area contributed by atoms with Gasteiger partial charge in [0.05, 0.1) is 0 Å². The van der Waals surface area contributed by atoms with Crippen molar-refractivity contribution >= 4 is 15.9 Å². The highest BCUT2D eigenvalue weighted by atomic mass is 79.9. The van der Waals surface area contributed by atoms with E-state index in [0.29, 0.717) is 0 Å². The lowest BCUT2D eigenvalue weighted by Crippen LogP contribution is -2.30. The van der Waals surface area contributed by atoms with Crippen molar-refractivity contribution in [2.24, 2.45) is 0 Å². The van der Waals surface area contributed by atoms with Gasteiger partial charge >= 0.3 is 0 Å². The zero-order chi connectivity index (χ0) is 14.3. The minimum absolute atomic E-state index is 0.155. The van der Waals surface area contributed by atoms with Crippen molar-refractivity contribution in [1.29, 1.82) is 0 Å². The average molecular weight is 330 g/mol. The molecule has 0 spiro atoms. The standard InChI is InChI=1S/C15H24BrNO2/c1-11-8-14(9-12(2)15(11)16)19-13(3)10-17-6-5-7-18-4/h8-9,13,17H,5-7,10H2,1-4H3. The van der Waals surface area contributed by atoms with Gasteiger partial charge in [0.25, 0.3) is 0 Å². The van der Waals surface area contributed by atoms with Gasteiger partial charge in [-0.15, -0.1) is 0 Å². The average Bonchev–Trinajstić information content (AvgIpc) is 2.35. The van der Waals surface area contributed by atoms with Gasteiger partial charge in [-0.05, 0) is 57.0 Å². The summed E-state index contributed by atoms with van der Waals surface area (Å²) >= 11 is 3.57. The first-order valence-corrected chi connectivity index (χ1v) is 7.47. The number of halogens is 1. The van der Waals surface area contributed by atoms with Crippen LogP contribution in [0.3, 0.4) is 0 Å². The third kappa shape index (κ3) is 5.93. The molecule has 1 N–H and O–H groups in total. The predicted octanol–water partition coefficient (Wildman–Crippen LogP) is 3.46. The summed E-state index contributed by atoms with van der Waals surface area (Å²) in [5.41, 5.74) is 2.41. The monoisotopic (exact) mass is 329 g/mol. The van der Waals surface area contributed by atoms with Gasteiger partial charge in [0.2, 0.25) is 0 Å². The summed E-state index contributed by atoms with van der Waals surface area (Å²) in [5, 5.41) is 3.37. The van der Waals surface area contributed by atoms with Gasteiger partial charge < -0.3 is 14.8 Å². The molecule has 3 nitrogen and oxygen atoms in total. The number of ether oxygens (including phenoxy) is 2. The first-order chi connectivity index (χ1) is 9.04. The zero-order valence-electron chi connectivity index (χ0n) is 12.3.